The van der Waals surface area contributed by atoms with Gasteiger partial charge in [0.2, 0.25) is 11.8 Å². The van der Waals surface area contributed by atoms with Crippen molar-refractivity contribution in [3.8, 4) is 0 Å². The van der Waals surface area contributed by atoms with Crippen LogP contribution in [-0.2, 0) is 9.59 Å². The minimum absolute atomic E-state index is 0.0253. The van der Waals surface area contributed by atoms with Gasteiger partial charge < -0.3 is 9.80 Å². The normalized spacial score (nSPS) is 14.3. The van der Waals surface area contributed by atoms with Crippen LogP contribution in [0.3, 0.4) is 0 Å². The standard InChI is InChI=1S/C15H18F2N2O2/c1-11(20)19(15-12(16)5-4-6-13(15)17)10-7-14(21)18-8-2-3-9-18/h4-6H,2-3,7-10H2,1H3. The predicted molar refractivity (Wildman–Crippen MR) is 74.8 cm³/mol. The third kappa shape index (κ3) is 3.56. The van der Waals surface area contributed by atoms with Gasteiger partial charge in [0.15, 0.2) is 0 Å². The van der Waals surface area contributed by atoms with Gasteiger partial charge in [0.05, 0.1) is 0 Å². The van der Waals surface area contributed by atoms with E-state index in [1.54, 1.807) is 4.90 Å². The Morgan fingerprint density at radius 2 is 1.76 bits per heavy atom. The molecule has 0 spiro atoms. The van der Waals surface area contributed by atoms with Crippen LogP contribution in [0.2, 0.25) is 0 Å². The molecule has 1 heterocycles. The molecule has 0 saturated carbocycles. The lowest BCUT2D eigenvalue weighted by Gasteiger charge is -2.23. The maximum atomic E-state index is 13.8. The molecule has 114 valence electrons. The lowest BCUT2D eigenvalue weighted by Crippen LogP contribution is -2.36. The lowest BCUT2D eigenvalue weighted by molar-refractivity contribution is -0.129. The van der Waals surface area contributed by atoms with Crippen LogP contribution in [0.1, 0.15) is 26.2 Å². The molecule has 1 fully saturated rings. The summed E-state index contributed by atoms with van der Waals surface area (Å²) in [7, 11) is 0. The molecule has 1 aliphatic heterocycles. The number of benzene rings is 1. The van der Waals surface area contributed by atoms with Gasteiger partial charge in [-0.2, -0.15) is 0 Å². The van der Waals surface area contributed by atoms with Crippen molar-refractivity contribution in [1.82, 2.24) is 4.90 Å². The Labute approximate surface area is 122 Å². The van der Waals surface area contributed by atoms with Crippen LogP contribution in [0.5, 0.6) is 0 Å². The quantitative estimate of drug-likeness (QED) is 0.855. The second-order valence-corrected chi connectivity index (χ2v) is 5.08. The van der Waals surface area contributed by atoms with Gasteiger partial charge in [-0.15, -0.1) is 0 Å². The molecule has 1 aliphatic rings. The first-order valence-electron chi connectivity index (χ1n) is 7.00. The van der Waals surface area contributed by atoms with E-state index in [9.17, 15) is 18.4 Å². The fourth-order valence-electron chi connectivity index (χ4n) is 2.51. The van der Waals surface area contributed by atoms with Crippen LogP contribution in [0.15, 0.2) is 18.2 Å². The maximum absolute atomic E-state index is 13.8. The van der Waals surface area contributed by atoms with E-state index in [1.807, 2.05) is 0 Å². The Morgan fingerprint density at radius 1 is 1.19 bits per heavy atom. The van der Waals surface area contributed by atoms with Gasteiger partial charge in [0.1, 0.15) is 17.3 Å². The van der Waals surface area contributed by atoms with Gasteiger partial charge in [-0.1, -0.05) is 6.07 Å². The minimum atomic E-state index is -0.807. The topological polar surface area (TPSA) is 40.6 Å². The summed E-state index contributed by atoms with van der Waals surface area (Å²) in [6.45, 7) is 2.63. The molecule has 0 atom stereocenters. The molecule has 1 saturated heterocycles. The fraction of sp³-hybridized carbons (Fsp3) is 0.467. The zero-order chi connectivity index (χ0) is 15.4. The largest absolute Gasteiger partial charge is 0.343 e. The number of rotatable bonds is 4. The smallest absolute Gasteiger partial charge is 0.224 e. The average molecular weight is 296 g/mol. The van der Waals surface area contributed by atoms with E-state index in [-0.39, 0.29) is 24.6 Å². The first-order valence-corrected chi connectivity index (χ1v) is 7.00. The molecular formula is C15H18F2N2O2. The van der Waals surface area contributed by atoms with Gasteiger partial charge in [0.25, 0.3) is 0 Å². The van der Waals surface area contributed by atoms with Gasteiger partial charge in [0, 0.05) is 33.0 Å². The molecule has 1 aromatic carbocycles. The molecule has 1 aromatic rings. The number of carbonyl (C=O) groups excluding carboxylic acids is 2. The predicted octanol–water partition coefficient (Wildman–Crippen LogP) is 2.33. The van der Waals surface area contributed by atoms with Crippen LogP contribution in [-0.4, -0.2) is 36.3 Å². The summed E-state index contributed by atoms with van der Waals surface area (Å²) in [5, 5.41) is 0. The van der Waals surface area contributed by atoms with Crippen LogP contribution in [0, 0.1) is 11.6 Å². The third-order valence-electron chi connectivity index (χ3n) is 3.60. The number of halogens is 2. The summed E-state index contributed by atoms with van der Waals surface area (Å²) in [6.07, 6.45) is 2.02. The number of para-hydroxylation sites is 1. The van der Waals surface area contributed by atoms with Crippen molar-refractivity contribution in [2.45, 2.75) is 26.2 Å². The molecule has 2 rings (SSSR count). The number of anilines is 1. The average Bonchev–Trinajstić information content (AvgIpc) is 2.95. The second kappa shape index (κ2) is 6.65. The Hall–Kier alpha value is -1.98. The molecule has 0 bridgehead atoms. The van der Waals surface area contributed by atoms with E-state index in [0.717, 1.165) is 29.9 Å². The van der Waals surface area contributed by atoms with E-state index < -0.39 is 17.5 Å². The van der Waals surface area contributed by atoms with E-state index in [2.05, 4.69) is 0 Å². The van der Waals surface area contributed by atoms with Gasteiger partial charge in [-0.05, 0) is 25.0 Å². The van der Waals surface area contributed by atoms with Crippen LogP contribution in [0.25, 0.3) is 0 Å². The maximum Gasteiger partial charge on any atom is 0.224 e. The molecule has 0 radical (unpaired) electrons. The summed E-state index contributed by atoms with van der Waals surface area (Å²) in [5.41, 5.74) is -0.390. The number of likely N-dealkylation sites (tertiary alicyclic amines) is 1. The highest BCUT2D eigenvalue weighted by atomic mass is 19.1. The molecular weight excluding hydrogens is 278 g/mol. The highest BCUT2D eigenvalue weighted by Crippen LogP contribution is 2.23. The molecule has 4 nitrogen and oxygen atoms in total. The second-order valence-electron chi connectivity index (χ2n) is 5.08. The number of amides is 2. The van der Waals surface area contributed by atoms with Crippen LogP contribution < -0.4 is 4.90 Å². The number of hydrogen-bond acceptors (Lipinski definition) is 2. The zero-order valence-electron chi connectivity index (χ0n) is 11.9. The molecule has 0 unspecified atom stereocenters. The minimum Gasteiger partial charge on any atom is -0.343 e. The summed E-state index contributed by atoms with van der Waals surface area (Å²) >= 11 is 0. The van der Waals surface area contributed by atoms with Gasteiger partial charge >= 0.3 is 0 Å². The molecule has 6 heteroatoms. The van der Waals surface area contributed by atoms with Crippen molar-refractivity contribution >= 4 is 17.5 Å². The summed E-state index contributed by atoms with van der Waals surface area (Å²) in [5.74, 6) is -2.19. The summed E-state index contributed by atoms with van der Waals surface area (Å²) in [4.78, 5) is 26.3. The van der Waals surface area contributed by atoms with Crippen molar-refractivity contribution in [1.29, 1.82) is 0 Å². The van der Waals surface area contributed by atoms with E-state index in [1.165, 1.54) is 13.0 Å². The Kier molecular flexibility index (Phi) is 4.88. The van der Waals surface area contributed by atoms with Crippen LogP contribution >= 0.6 is 0 Å². The van der Waals surface area contributed by atoms with E-state index in [0.29, 0.717) is 13.1 Å². The van der Waals surface area contributed by atoms with E-state index >= 15 is 0 Å². The van der Waals surface area contributed by atoms with Gasteiger partial charge in [-0.3, -0.25) is 9.59 Å². The number of hydrogen-bond donors (Lipinski definition) is 0. The number of nitrogens with zero attached hydrogens (tertiary/aromatic N) is 2. The van der Waals surface area contributed by atoms with Crippen molar-refractivity contribution in [2.24, 2.45) is 0 Å². The van der Waals surface area contributed by atoms with Crippen molar-refractivity contribution in [3.05, 3.63) is 29.8 Å². The van der Waals surface area contributed by atoms with Crippen LogP contribution in [0.4, 0.5) is 14.5 Å². The van der Waals surface area contributed by atoms with Gasteiger partial charge in [-0.25, -0.2) is 8.78 Å². The Bertz CT molecular complexity index is 522. The molecule has 2 amide bonds. The SMILES string of the molecule is CC(=O)N(CCC(=O)N1CCCC1)c1c(F)cccc1F. The van der Waals surface area contributed by atoms with Crippen molar-refractivity contribution < 1.29 is 18.4 Å². The molecule has 0 aliphatic carbocycles. The monoisotopic (exact) mass is 296 g/mol. The van der Waals surface area contributed by atoms with Crippen molar-refractivity contribution in [2.75, 3.05) is 24.5 Å². The van der Waals surface area contributed by atoms with Crippen molar-refractivity contribution in [3.63, 3.8) is 0 Å². The summed E-state index contributed by atoms with van der Waals surface area (Å²) in [6, 6.07) is 3.43. The Morgan fingerprint density at radius 3 is 2.29 bits per heavy atom. The first-order chi connectivity index (χ1) is 10.0. The summed E-state index contributed by atoms with van der Waals surface area (Å²) < 4.78 is 27.5. The fourth-order valence-corrected chi connectivity index (χ4v) is 2.51. The Balaban J connectivity index is 2.09. The first kappa shape index (κ1) is 15.4. The highest BCUT2D eigenvalue weighted by molar-refractivity contribution is 5.92. The molecule has 0 aromatic heterocycles. The number of carbonyl (C=O) groups is 2. The molecule has 0 N–H and O–H groups in total. The van der Waals surface area contributed by atoms with E-state index in [4.69, 9.17) is 0 Å². The lowest BCUT2D eigenvalue weighted by atomic mass is 10.2. The third-order valence-corrected chi connectivity index (χ3v) is 3.60. The zero-order valence-corrected chi connectivity index (χ0v) is 11.9. The molecule has 21 heavy (non-hydrogen) atoms. The highest BCUT2D eigenvalue weighted by Gasteiger charge is 2.23.